The molecule has 0 aliphatic rings. The molecule has 0 fully saturated rings. The van der Waals surface area contributed by atoms with Crippen LogP contribution in [0.2, 0.25) is 0 Å². The van der Waals surface area contributed by atoms with Crippen LogP contribution in [0.1, 0.15) is 26.7 Å². The van der Waals surface area contributed by atoms with Crippen molar-refractivity contribution in [2.75, 3.05) is 13.2 Å². The fourth-order valence-corrected chi connectivity index (χ4v) is 0.933. The van der Waals surface area contributed by atoms with Gasteiger partial charge in [0.05, 0.1) is 6.10 Å². The van der Waals surface area contributed by atoms with Gasteiger partial charge < -0.3 is 9.84 Å². The van der Waals surface area contributed by atoms with Crippen LogP contribution < -0.4 is 0 Å². The standard InChI is InChI=1S/C9H18F2O2/c1-3-7(2)8(12)4-5-13-6-9(10)11/h7-9,12H,3-6H2,1-2H3. The maximum Gasteiger partial charge on any atom is 0.261 e. The third-order valence-corrected chi connectivity index (χ3v) is 2.10. The molecule has 2 nitrogen and oxygen atoms in total. The monoisotopic (exact) mass is 196 g/mol. The van der Waals surface area contributed by atoms with Crippen LogP contribution in [-0.4, -0.2) is 30.8 Å². The highest BCUT2D eigenvalue weighted by molar-refractivity contribution is 4.62. The normalized spacial score (nSPS) is 16.2. The summed E-state index contributed by atoms with van der Waals surface area (Å²) in [5.41, 5.74) is 0. The predicted octanol–water partition coefficient (Wildman–Crippen LogP) is 2.07. The minimum Gasteiger partial charge on any atom is -0.393 e. The molecule has 80 valence electrons. The van der Waals surface area contributed by atoms with E-state index in [-0.39, 0.29) is 12.5 Å². The van der Waals surface area contributed by atoms with Crippen molar-refractivity contribution in [3.63, 3.8) is 0 Å². The second-order valence-electron chi connectivity index (χ2n) is 3.21. The van der Waals surface area contributed by atoms with Crippen LogP contribution in [0.25, 0.3) is 0 Å². The van der Waals surface area contributed by atoms with Gasteiger partial charge in [-0.1, -0.05) is 20.3 Å². The summed E-state index contributed by atoms with van der Waals surface area (Å²) in [5, 5.41) is 9.42. The van der Waals surface area contributed by atoms with Gasteiger partial charge in [-0.15, -0.1) is 0 Å². The highest BCUT2D eigenvalue weighted by atomic mass is 19.3. The fourth-order valence-electron chi connectivity index (χ4n) is 0.933. The van der Waals surface area contributed by atoms with E-state index in [1.54, 1.807) is 0 Å². The SMILES string of the molecule is CCC(C)C(O)CCOCC(F)F. The zero-order valence-electron chi connectivity index (χ0n) is 8.17. The lowest BCUT2D eigenvalue weighted by molar-refractivity contribution is -0.00173. The van der Waals surface area contributed by atoms with Crippen LogP contribution in [0.3, 0.4) is 0 Å². The Hall–Kier alpha value is -0.220. The minimum absolute atomic E-state index is 0.204. The van der Waals surface area contributed by atoms with Gasteiger partial charge in [0.25, 0.3) is 6.43 Å². The van der Waals surface area contributed by atoms with Gasteiger partial charge in [-0.2, -0.15) is 0 Å². The highest BCUT2D eigenvalue weighted by Gasteiger charge is 2.12. The number of ether oxygens (including phenoxy) is 1. The van der Waals surface area contributed by atoms with Crippen molar-refractivity contribution in [2.24, 2.45) is 5.92 Å². The predicted molar refractivity (Wildman–Crippen MR) is 46.9 cm³/mol. The Bertz CT molecular complexity index is 120. The average molecular weight is 196 g/mol. The molecule has 0 rings (SSSR count). The molecule has 0 heterocycles. The van der Waals surface area contributed by atoms with Gasteiger partial charge in [-0.3, -0.25) is 0 Å². The van der Waals surface area contributed by atoms with E-state index in [1.165, 1.54) is 0 Å². The van der Waals surface area contributed by atoms with Crippen molar-refractivity contribution in [3.05, 3.63) is 0 Å². The number of aliphatic hydroxyl groups excluding tert-OH is 1. The van der Waals surface area contributed by atoms with E-state index in [9.17, 15) is 13.9 Å². The summed E-state index contributed by atoms with van der Waals surface area (Å²) in [6.45, 7) is 3.58. The maximum absolute atomic E-state index is 11.6. The molecular formula is C9H18F2O2. The second-order valence-corrected chi connectivity index (χ2v) is 3.21. The number of alkyl halides is 2. The first kappa shape index (κ1) is 12.8. The smallest absolute Gasteiger partial charge is 0.261 e. The Labute approximate surface area is 77.9 Å². The molecule has 0 aromatic rings. The molecule has 1 N–H and O–H groups in total. The van der Waals surface area contributed by atoms with Gasteiger partial charge in [0.15, 0.2) is 0 Å². The van der Waals surface area contributed by atoms with Gasteiger partial charge >= 0.3 is 0 Å². The summed E-state index contributed by atoms with van der Waals surface area (Å²) >= 11 is 0. The molecule has 0 spiro atoms. The van der Waals surface area contributed by atoms with Crippen molar-refractivity contribution in [1.82, 2.24) is 0 Å². The van der Waals surface area contributed by atoms with Crippen molar-refractivity contribution >= 4 is 0 Å². The Morgan fingerprint density at radius 3 is 2.46 bits per heavy atom. The molecule has 13 heavy (non-hydrogen) atoms. The quantitative estimate of drug-likeness (QED) is 0.631. The lowest BCUT2D eigenvalue weighted by Gasteiger charge is -2.16. The van der Waals surface area contributed by atoms with E-state index in [2.05, 4.69) is 4.74 Å². The van der Waals surface area contributed by atoms with Gasteiger partial charge in [-0.25, -0.2) is 8.78 Å². The number of hydrogen-bond donors (Lipinski definition) is 1. The van der Waals surface area contributed by atoms with Crippen LogP contribution in [0.4, 0.5) is 8.78 Å². The Kier molecular flexibility index (Phi) is 7.09. The van der Waals surface area contributed by atoms with Crippen molar-refractivity contribution in [2.45, 2.75) is 39.2 Å². The highest BCUT2D eigenvalue weighted by Crippen LogP contribution is 2.10. The summed E-state index contributed by atoms with van der Waals surface area (Å²) in [5.74, 6) is 0.204. The van der Waals surface area contributed by atoms with Gasteiger partial charge in [0.2, 0.25) is 0 Å². The topological polar surface area (TPSA) is 29.5 Å². The van der Waals surface area contributed by atoms with E-state index in [4.69, 9.17) is 0 Å². The van der Waals surface area contributed by atoms with Gasteiger partial charge in [0, 0.05) is 6.61 Å². The molecule has 4 heteroatoms. The largest absolute Gasteiger partial charge is 0.393 e. The van der Waals surface area contributed by atoms with Gasteiger partial charge in [0.1, 0.15) is 6.61 Å². The molecular weight excluding hydrogens is 178 g/mol. The van der Waals surface area contributed by atoms with Crippen molar-refractivity contribution in [1.29, 1.82) is 0 Å². The van der Waals surface area contributed by atoms with Crippen LogP contribution in [0.5, 0.6) is 0 Å². The van der Waals surface area contributed by atoms with Crippen LogP contribution >= 0.6 is 0 Å². The van der Waals surface area contributed by atoms with E-state index < -0.39 is 19.1 Å². The fraction of sp³-hybridized carbons (Fsp3) is 1.00. The van der Waals surface area contributed by atoms with Crippen molar-refractivity contribution in [3.8, 4) is 0 Å². The van der Waals surface area contributed by atoms with E-state index in [0.717, 1.165) is 6.42 Å². The number of rotatable bonds is 7. The van der Waals surface area contributed by atoms with Gasteiger partial charge in [-0.05, 0) is 12.3 Å². The summed E-state index contributed by atoms with van der Waals surface area (Å²) < 4.78 is 27.8. The van der Waals surface area contributed by atoms with E-state index in [1.807, 2.05) is 13.8 Å². The molecule has 0 saturated heterocycles. The maximum atomic E-state index is 11.6. The molecule has 0 aromatic heterocycles. The molecule has 0 bridgehead atoms. The number of aliphatic hydroxyl groups is 1. The van der Waals surface area contributed by atoms with Crippen LogP contribution in [0.15, 0.2) is 0 Å². The third kappa shape index (κ3) is 6.90. The summed E-state index contributed by atoms with van der Waals surface area (Å²) in [4.78, 5) is 0. The number of hydrogen-bond acceptors (Lipinski definition) is 2. The Morgan fingerprint density at radius 2 is 2.00 bits per heavy atom. The second kappa shape index (κ2) is 7.21. The van der Waals surface area contributed by atoms with Crippen LogP contribution in [-0.2, 0) is 4.74 Å². The summed E-state index contributed by atoms with van der Waals surface area (Å²) in [6, 6.07) is 0. The first-order valence-corrected chi connectivity index (χ1v) is 4.61. The summed E-state index contributed by atoms with van der Waals surface area (Å²) in [6.07, 6.45) is -1.54. The van der Waals surface area contributed by atoms with E-state index in [0.29, 0.717) is 6.42 Å². The summed E-state index contributed by atoms with van der Waals surface area (Å²) in [7, 11) is 0. The molecule has 2 unspecified atom stereocenters. The Balaban J connectivity index is 3.31. The van der Waals surface area contributed by atoms with E-state index >= 15 is 0 Å². The average Bonchev–Trinajstić information content (AvgIpc) is 2.10. The lowest BCUT2D eigenvalue weighted by Crippen LogP contribution is -2.19. The molecule has 0 saturated carbocycles. The zero-order chi connectivity index (χ0) is 10.3. The lowest BCUT2D eigenvalue weighted by atomic mass is 10.00. The molecule has 0 aliphatic carbocycles. The molecule has 0 radical (unpaired) electrons. The molecule has 0 aliphatic heterocycles. The van der Waals surface area contributed by atoms with Crippen molar-refractivity contribution < 1.29 is 18.6 Å². The number of halogens is 2. The molecule has 2 atom stereocenters. The first-order valence-electron chi connectivity index (χ1n) is 4.61. The Morgan fingerprint density at radius 1 is 1.38 bits per heavy atom. The third-order valence-electron chi connectivity index (χ3n) is 2.10. The molecule has 0 amide bonds. The van der Waals surface area contributed by atoms with Crippen LogP contribution in [0, 0.1) is 5.92 Å². The minimum atomic E-state index is -2.42. The molecule has 0 aromatic carbocycles. The zero-order valence-corrected chi connectivity index (χ0v) is 8.17. The first-order chi connectivity index (χ1) is 6.07.